The van der Waals surface area contributed by atoms with E-state index >= 15 is 0 Å². The van der Waals surface area contributed by atoms with Crippen molar-refractivity contribution >= 4 is 28.5 Å². The molecular weight excluding hydrogens is 370 g/mol. The van der Waals surface area contributed by atoms with Gasteiger partial charge in [-0.25, -0.2) is 4.98 Å². The Bertz CT molecular complexity index is 1110. The van der Waals surface area contributed by atoms with Crippen LogP contribution in [-0.4, -0.2) is 15.5 Å². The maximum atomic E-state index is 12.5. The molecule has 1 N–H and O–H groups in total. The predicted octanol–water partition coefficient (Wildman–Crippen LogP) is 4.86. The molecule has 0 unspecified atom stereocenters. The number of aryl methyl sites for hydroxylation is 2. The number of hydrogen-bond acceptors (Lipinski definition) is 2. The summed E-state index contributed by atoms with van der Waals surface area (Å²) in [4.78, 5) is 17.2. The molecule has 140 valence electrons. The van der Waals surface area contributed by atoms with Crippen molar-refractivity contribution in [2.45, 2.75) is 19.5 Å². The number of halogens is 1. The van der Waals surface area contributed by atoms with Crippen LogP contribution < -0.4 is 5.32 Å². The maximum Gasteiger partial charge on any atom is 0.251 e. The third-order valence-electron chi connectivity index (χ3n) is 4.69. The van der Waals surface area contributed by atoms with Gasteiger partial charge in [0.1, 0.15) is 5.82 Å². The summed E-state index contributed by atoms with van der Waals surface area (Å²) in [5, 5.41) is 3.51. The van der Waals surface area contributed by atoms with Gasteiger partial charge in [-0.3, -0.25) is 4.79 Å². The minimum atomic E-state index is -0.163. The number of carbonyl (C=O) groups is 1. The second-order valence-corrected chi connectivity index (χ2v) is 7.03. The van der Waals surface area contributed by atoms with Crippen LogP contribution in [0.3, 0.4) is 0 Å². The Hall–Kier alpha value is -3.11. The van der Waals surface area contributed by atoms with Crippen LogP contribution in [0, 0.1) is 0 Å². The second kappa shape index (κ2) is 8.28. The molecule has 0 bridgehead atoms. The molecule has 0 spiro atoms. The molecule has 0 aliphatic rings. The number of amides is 1. The second-order valence-electron chi connectivity index (χ2n) is 6.60. The minimum absolute atomic E-state index is 0.163. The summed E-state index contributed by atoms with van der Waals surface area (Å²) in [6, 6.07) is 25.4. The molecule has 1 heterocycles. The highest BCUT2D eigenvalue weighted by Gasteiger charge is 2.12. The van der Waals surface area contributed by atoms with Gasteiger partial charge in [0.05, 0.1) is 17.6 Å². The largest absolute Gasteiger partial charge is 0.345 e. The number of para-hydroxylation sites is 2. The van der Waals surface area contributed by atoms with Crippen molar-refractivity contribution in [2.75, 3.05) is 0 Å². The number of aromatic nitrogens is 2. The Morgan fingerprint density at radius 2 is 1.75 bits per heavy atom. The average molecular weight is 390 g/mol. The van der Waals surface area contributed by atoms with E-state index in [1.54, 1.807) is 24.3 Å². The van der Waals surface area contributed by atoms with Crippen LogP contribution in [0.25, 0.3) is 11.0 Å². The molecule has 4 nitrogen and oxygen atoms in total. The molecule has 4 aromatic rings. The van der Waals surface area contributed by atoms with Gasteiger partial charge in [0, 0.05) is 17.1 Å². The van der Waals surface area contributed by atoms with Crippen molar-refractivity contribution in [1.82, 2.24) is 14.9 Å². The lowest BCUT2D eigenvalue weighted by Gasteiger charge is -2.11. The summed E-state index contributed by atoms with van der Waals surface area (Å²) >= 11 is 5.99. The van der Waals surface area contributed by atoms with Crippen LogP contribution in [0.15, 0.2) is 78.9 Å². The van der Waals surface area contributed by atoms with E-state index < -0.39 is 0 Å². The summed E-state index contributed by atoms with van der Waals surface area (Å²) in [6.07, 6.45) is 0.899. The van der Waals surface area contributed by atoms with Crippen molar-refractivity contribution in [2.24, 2.45) is 0 Å². The number of carbonyl (C=O) groups excluding carboxylic acids is 1. The summed E-state index contributed by atoms with van der Waals surface area (Å²) < 4.78 is 2.18. The smallest absolute Gasteiger partial charge is 0.251 e. The van der Waals surface area contributed by atoms with Gasteiger partial charge in [-0.1, -0.05) is 60.1 Å². The number of nitrogens with zero attached hydrogens (tertiary/aromatic N) is 2. The Labute approximate surface area is 168 Å². The van der Waals surface area contributed by atoms with E-state index in [9.17, 15) is 4.79 Å². The van der Waals surface area contributed by atoms with Crippen LogP contribution in [-0.2, 0) is 19.5 Å². The fourth-order valence-corrected chi connectivity index (χ4v) is 3.48. The zero-order chi connectivity index (χ0) is 19.3. The zero-order valence-electron chi connectivity index (χ0n) is 15.3. The Morgan fingerprint density at radius 3 is 2.57 bits per heavy atom. The first kappa shape index (κ1) is 18.3. The first-order chi connectivity index (χ1) is 13.7. The van der Waals surface area contributed by atoms with Crippen molar-refractivity contribution in [1.29, 1.82) is 0 Å². The summed E-state index contributed by atoms with van der Waals surface area (Å²) in [5.41, 5.74) is 3.82. The van der Waals surface area contributed by atoms with Crippen molar-refractivity contribution in [3.63, 3.8) is 0 Å². The molecule has 0 aliphatic heterocycles. The van der Waals surface area contributed by atoms with Crippen LogP contribution in [0.5, 0.6) is 0 Å². The SMILES string of the molecule is O=C(NCc1nc2ccccc2n1CCc1ccccc1)c1cccc(Cl)c1. The number of fused-ring (bicyclic) bond motifs is 1. The molecule has 4 rings (SSSR count). The van der Waals surface area contributed by atoms with Crippen molar-refractivity contribution in [3.05, 3.63) is 101 Å². The van der Waals surface area contributed by atoms with E-state index in [0.717, 1.165) is 29.8 Å². The summed E-state index contributed by atoms with van der Waals surface area (Å²) in [5.74, 6) is 0.677. The highest BCUT2D eigenvalue weighted by atomic mass is 35.5. The van der Waals surface area contributed by atoms with Gasteiger partial charge in [0.2, 0.25) is 0 Å². The average Bonchev–Trinajstić information content (AvgIpc) is 3.08. The molecule has 3 aromatic carbocycles. The first-order valence-electron chi connectivity index (χ1n) is 9.22. The Kier molecular flexibility index (Phi) is 5.40. The lowest BCUT2D eigenvalue weighted by Crippen LogP contribution is -2.25. The normalized spacial score (nSPS) is 10.9. The molecule has 0 fully saturated rings. The summed E-state index contributed by atoms with van der Waals surface area (Å²) in [7, 11) is 0. The molecule has 1 amide bonds. The van der Waals surface area contributed by atoms with Gasteiger partial charge in [-0.05, 0) is 42.3 Å². The molecule has 1 aromatic heterocycles. The topological polar surface area (TPSA) is 46.9 Å². The van der Waals surface area contributed by atoms with Crippen LogP contribution in [0.1, 0.15) is 21.7 Å². The van der Waals surface area contributed by atoms with Crippen LogP contribution >= 0.6 is 11.6 Å². The molecule has 0 radical (unpaired) electrons. The molecule has 0 atom stereocenters. The molecule has 5 heteroatoms. The van der Waals surface area contributed by atoms with Crippen LogP contribution in [0.4, 0.5) is 0 Å². The van der Waals surface area contributed by atoms with E-state index in [2.05, 4.69) is 28.1 Å². The number of benzene rings is 3. The fraction of sp³-hybridized carbons (Fsp3) is 0.130. The van der Waals surface area contributed by atoms with Crippen molar-refractivity contribution in [3.8, 4) is 0 Å². The van der Waals surface area contributed by atoms with Gasteiger partial charge >= 0.3 is 0 Å². The predicted molar refractivity (Wildman–Crippen MR) is 113 cm³/mol. The molecular formula is C23H20ClN3O. The highest BCUT2D eigenvalue weighted by molar-refractivity contribution is 6.30. The van der Waals surface area contributed by atoms with E-state index in [-0.39, 0.29) is 5.91 Å². The first-order valence-corrected chi connectivity index (χ1v) is 9.60. The molecule has 28 heavy (non-hydrogen) atoms. The van der Waals surface area contributed by atoms with Gasteiger partial charge in [0.15, 0.2) is 0 Å². The molecule has 0 aliphatic carbocycles. The fourth-order valence-electron chi connectivity index (χ4n) is 3.29. The Balaban J connectivity index is 1.55. The van der Waals surface area contributed by atoms with E-state index in [1.807, 2.05) is 36.4 Å². The molecule has 0 saturated carbocycles. The highest BCUT2D eigenvalue weighted by Crippen LogP contribution is 2.17. The number of nitrogens with one attached hydrogen (secondary N) is 1. The van der Waals surface area contributed by atoms with E-state index in [1.165, 1.54) is 5.56 Å². The van der Waals surface area contributed by atoms with Gasteiger partial charge < -0.3 is 9.88 Å². The van der Waals surface area contributed by atoms with E-state index in [0.29, 0.717) is 17.1 Å². The number of rotatable bonds is 6. The third-order valence-corrected chi connectivity index (χ3v) is 4.93. The van der Waals surface area contributed by atoms with Gasteiger partial charge in [0.25, 0.3) is 5.91 Å². The zero-order valence-corrected chi connectivity index (χ0v) is 16.1. The van der Waals surface area contributed by atoms with Crippen LogP contribution in [0.2, 0.25) is 5.02 Å². The van der Waals surface area contributed by atoms with E-state index in [4.69, 9.17) is 16.6 Å². The quantitative estimate of drug-likeness (QED) is 0.511. The number of imidazole rings is 1. The lowest BCUT2D eigenvalue weighted by molar-refractivity contribution is 0.0949. The van der Waals surface area contributed by atoms with Gasteiger partial charge in [-0.15, -0.1) is 0 Å². The standard InChI is InChI=1S/C23H20ClN3O/c24-19-10-6-9-18(15-19)23(28)25-16-22-26-20-11-4-5-12-21(20)27(22)14-13-17-7-2-1-3-8-17/h1-12,15H,13-14,16H2,(H,25,28). The monoisotopic (exact) mass is 389 g/mol. The van der Waals surface area contributed by atoms with Gasteiger partial charge in [-0.2, -0.15) is 0 Å². The maximum absolute atomic E-state index is 12.5. The summed E-state index contributed by atoms with van der Waals surface area (Å²) in [6.45, 7) is 1.15. The third kappa shape index (κ3) is 4.07. The molecule has 0 saturated heterocycles. The lowest BCUT2D eigenvalue weighted by atomic mass is 10.1. The Morgan fingerprint density at radius 1 is 0.964 bits per heavy atom. The minimum Gasteiger partial charge on any atom is -0.345 e. The number of hydrogen-bond donors (Lipinski definition) is 1. The van der Waals surface area contributed by atoms with Crippen molar-refractivity contribution < 1.29 is 4.79 Å².